The molecule has 4 N–H and O–H groups in total. The van der Waals surface area contributed by atoms with E-state index in [9.17, 15) is 20.1 Å². The van der Waals surface area contributed by atoms with E-state index in [1.807, 2.05) is 0 Å². The number of aliphatic hydroxyl groups is 4. The standard InChI is InChI=1S/C21H40O8/c1-3-4-5-6-7-8-9-10-11-12-17(24)29-20(21-27-14-15(2)28-21)19(26)18(25)16(23)13-22/h15-16,18-23,25-26H,3-14H2,1-2H3/t15?,16-,18-,19+,20-,21?/m1/s1. The molecule has 0 bridgehead atoms. The predicted molar refractivity (Wildman–Crippen MR) is 107 cm³/mol. The molecule has 1 fully saturated rings. The number of ether oxygens (including phenoxy) is 3. The van der Waals surface area contributed by atoms with Crippen molar-refractivity contribution in [1.82, 2.24) is 0 Å². The first-order valence-corrected chi connectivity index (χ1v) is 11.0. The number of carbonyl (C=O) groups excluding carboxylic acids is 1. The van der Waals surface area contributed by atoms with Gasteiger partial charge in [-0.25, -0.2) is 0 Å². The Morgan fingerprint density at radius 3 is 2.10 bits per heavy atom. The molecule has 0 aliphatic carbocycles. The van der Waals surface area contributed by atoms with Gasteiger partial charge in [0, 0.05) is 6.42 Å². The monoisotopic (exact) mass is 420 g/mol. The van der Waals surface area contributed by atoms with E-state index in [1.54, 1.807) is 6.92 Å². The van der Waals surface area contributed by atoms with Gasteiger partial charge in [-0.05, 0) is 13.3 Å². The summed E-state index contributed by atoms with van der Waals surface area (Å²) in [5.74, 6) is -0.519. The molecule has 0 spiro atoms. The van der Waals surface area contributed by atoms with Crippen molar-refractivity contribution >= 4 is 5.97 Å². The highest BCUT2D eigenvalue weighted by atomic mass is 16.7. The van der Waals surface area contributed by atoms with Crippen LogP contribution in [0.25, 0.3) is 0 Å². The van der Waals surface area contributed by atoms with E-state index in [2.05, 4.69) is 6.92 Å². The molecule has 1 heterocycles. The lowest BCUT2D eigenvalue weighted by atomic mass is 10.0. The molecule has 1 aliphatic heterocycles. The van der Waals surface area contributed by atoms with Gasteiger partial charge in [-0.1, -0.05) is 58.3 Å². The number of hydrogen-bond acceptors (Lipinski definition) is 8. The summed E-state index contributed by atoms with van der Waals surface area (Å²) in [6.07, 6.45) is 2.83. The van der Waals surface area contributed by atoms with Gasteiger partial charge in [-0.3, -0.25) is 4.79 Å². The van der Waals surface area contributed by atoms with Crippen molar-refractivity contribution < 1.29 is 39.4 Å². The summed E-state index contributed by atoms with van der Waals surface area (Å²) in [7, 11) is 0. The van der Waals surface area contributed by atoms with Crippen molar-refractivity contribution in [3.05, 3.63) is 0 Å². The minimum absolute atomic E-state index is 0.194. The van der Waals surface area contributed by atoms with Crippen LogP contribution in [-0.2, 0) is 19.0 Å². The van der Waals surface area contributed by atoms with E-state index in [0.717, 1.165) is 19.3 Å². The van der Waals surface area contributed by atoms with Crippen LogP contribution in [0.15, 0.2) is 0 Å². The third-order valence-electron chi connectivity index (χ3n) is 5.15. The molecule has 0 amide bonds. The van der Waals surface area contributed by atoms with E-state index in [-0.39, 0.29) is 19.1 Å². The van der Waals surface area contributed by atoms with Gasteiger partial charge in [-0.15, -0.1) is 0 Å². The zero-order valence-corrected chi connectivity index (χ0v) is 17.9. The van der Waals surface area contributed by atoms with E-state index in [1.165, 1.54) is 32.1 Å². The Kier molecular flexibility index (Phi) is 13.7. The van der Waals surface area contributed by atoms with Crippen LogP contribution < -0.4 is 0 Å². The highest BCUT2D eigenvalue weighted by Gasteiger charge is 2.42. The van der Waals surface area contributed by atoms with Crippen molar-refractivity contribution in [2.75, 3.05) is 13.2 Å². The SMILES string of the molecule is CCCCCCCCCCCC(=O)O[C@@H](C1OCC(C)O1)[C@@H](O)[C@H](O)[C@H](O)CO. The van der Waals surface area contributed by atoms with Gasteiger partial charge in [0.25, 0.3) is 0 Å². The largest absolute Gasteiger partial charge is 0.454 e. The van der Waals surface area contributed by atoms with E-state index < -0.39 is 43.3 Å². The number of hydrogen-bond donors (Lipinski definition) is 4. The summed E-state index contributed by atoms with van der Waals surface area (Å²) in [4.78, 5) is 12.2. The number of carbonyl (C=O) groups is 1. The van der Waals surface area contributed by atoms with Gasteiger partial charge >= 0.3 is 5.97 Å². The lowest BCUT2D eigenvalue weighted by Gasteiger charge is -2.31. The third kappa shape index (κ3) is 10.2. The smallest absolute Gasteiger partial charge is 0.306 e. The Morgan fingerprint density at radius 2 is 1.59 bits per heavy atom. The van der Waals surface area contributed by atoms with Crippen LogP contribution in [0, 0.1) is 0 Å². The number of unbranched alkanes of at least 4 members (excludes halogenated alkanes) is 8. The summed E-state index contributed by atoms with van der Waals surface area (Å²) < 4.78 is 16.2. The minimum Gasteiger partial charge on any atom is -0.454 e. The Bertz CT molecular complexity index is 433. The van der Waals surface area contributed by atoms with E-state index in [0.29, 0.717) is 6.42 Å². The van der Waals surface area contributed by atoms with E-state index in [4.69, 9.17) is 19.3 Å². The fourth-order valence-electron chi connectivity index (χ4n) is 3.32. The molecule has 0 aromatic heterocycles. The summed E-state index contributed by atoms with van der Waals surface area (Å²) in [6, 6.07) is 0. The van der Waals surface area contributed by atoms with Crippen LogP contribution in [0.1, 0.15) is 78.1 Å². The van der Waals surface area contributed by atoms with Crippen LogP contribution in [-0.4, -0.2) is 76.4 Å². The summed E-state index contributed by atoms with van der Waals surface area (Å²) in [5.41, 5.74) is 0. The van der Waals surface area contributed by atoms with Crippen LogP contribution in [0.3, 0.4) is 0 Å². The van der Waals surface area contributed by atoms with Crippen molar-refractivity contribution in [1.29, 1.82) is 0 Å². The first-order valence-electron chi connectivity index (χ1n) is 11.0. The zero-order valence-electron chi connectivity index (χ0n) is 17.9. The first-order chi connectivity index (χ1) is 13.9. The molecule has 1 saturated heterocycles. The zero-order chi connectivity index (χ0) is 21.6. The molecular weight excluding hydrogens is 380 g/mol. The van der Waals surface area contributed by atoms with Crippen LogP contribution in [0.4, 0.5) is 0 Å². The molecule has 172 valence electrons. The van der Waals surface area contributed by atoms with E-state index >= 15 is 0 Å². The van der Waals surface area contributed by atoms with Crippen molar-refractivity contribution in [3.8, 4) is 0 Å². The van der Waals surface area contributed by atoms with Crippen molar-refractivity contribution in [2.45, 2.75) is 115 Å². The van der Waals surface area contributed by atoms with Crippen molar-refractivity contribution in [2.24, 2.45) is 0 Å². The highest BCUT2D eigenvalue weighted by molar-refractivity contribution is 5.69. The van der Waals surface area contributed by atoms with Gasteiger partial charge in [0.1, 0.15) is 18.3 Å². The minimum atomic E-state index is -1.70. The van der Waals surface area contributed by atoms with Gasteiger partial charge in [0.2, 0.25) is 0 Å². The van der Waals surface area contributed by atoms with Gasteiger partial charge in [0.05, 0.1) is 19.3 Å². The molecule has 0 radical (unpaired) electrons. The molecule has 0 saturated carbocycles. The second kappa shape index (κ2) is 15.1. The van der Waals surface area contributed by atoms with Gasteiger partial charge in [0.15, 0.2) is 12.4 Å². The normalized spacial score (nSPS) is 23.5. The molecule has 0 aromatic rings. The van der Waals surface area contributed by atoms with Crippen LogP contribution >= 0.6 is 0 Å². The Hall–Kier alpha value is -0.770. The molecular formula is C21H40O8. The second-order valence-electron chi connectivity index (χ2n) is 7.91. The molecule has 2 unspecified atom stereocenters. The quantitative estimate of drug-likeness (QED) is 0.219. The van der Waals surface area contributed by atoms with Gasteiger partial charge in [-0.2, -0.15) is 0 Å². The Balaban J connectivity index is 2.39. The van der Waals surface area contributed by atoms with Crippen LogP contribution in [0.5, 0.6) is 0 Å². The molecule has 0 aromatic carbocycles. The molecule has 1 rings (SSSR count). The summed E-state index contributed by atoms with van der Waals surface area (Å²) in [6.45, 7) is 3.50. The predicted octanol–water partition coefficient (Wildman–Crippen LogP) is 1.66. The number of aliphatic hydroxyl groups excluding tert-OH is 4. The molecule has 6 atom stereocenters. The first kappa shape index (κ1) is 26.3. The fourth-order valence-corrected chi connectivity index (χ4v) is 3.32. The number of rotatable bonds is 16. The topological polar surface area (TPSA) is 126 Å². The maximum absolute atomic E-state index is 12.2. The molecule has 8 nitrogen and oxygen atoms in total. The number of esters is 1. The Morgan fingerprint density at radius 1 is 1.00 bits per heavy atom. The summed E-state index contributed by atoms with van der Waals surface area (Å²) in [5, 5.41) is 38.9. The van der Waals surface area contributed by atoms with Gasteiger partial charge < -0.3 is 34.6 Å². The lowest BCUT2D eigenvalue weighted by molar-refractivity contribution is -0.213. The summed E-state index contributed by atoms with van der Waals surface area (Å²) >= 11 is 0. The molecule has 1 aliphatic rings. The molecule has 29 heavy (non-hydrogen) atoms. The average molecular weight is 421 g/mol. The highest BCUT2D eigenvalue weighted by Crippen LogP contribution is 2.22. The second-order valence-corrected chi connectivity index (χ2v) is 7.91. The molecule has 8 heteroatoms. The fraction of sp³-hybridized carbons (Fsp3) is 0.952. The van der Waals surface area contributed by atoms with Crippen molar-refractivity contribution in [3.63, 3.8) is 0 Å². The average Bonchev–Trinajstić information content (AvgIpc) is 3.15. The van der Waals surface area contributed by atoms with Crippen LogP contribution in [0.2, 0.25) is 0 Å². The Labute approximate surface area is 174 Å². The lowest BCUT2D eigenvalue weighted by Crippen LogP contribution is -2.52. The maximum Gasteiger partial charge on any atom is 0.306 e. The third-order valence-corrected chi connectivity index (χ3v) is 5.15. The maximum atomic E-state index is 12.2.